The van der Waals surface area contributed by atoms with Gasteiger partial charge in [0, 0.05) is 32.0 Å². The van der Waals surface area contributed by atoms with Gasteiger partial charge in [0.25, 0.3) is 0 Å². The van der Waals surface area contributed by atoms with E-state index in [4.69, 9.17) is 9.47 Å². The summed E-state index contributed by atoms with van der Waals surface area (Å²) in [6, 6.07) is 15.1. The second kappa shape index (κ2) is 9.54. The Morgan fingerprint density at radius 2 is 1.64 bits per heavy atom. The van der Waals surface area contributed by atoms with Crippen LogP contribution < -0.4 is 25.0 Å². The molecule has 2 N–H and O–H groups in total. The fourth-order valence-electron chi connectivity index (χ4n) is 2.16. The Bertz CT molecular complexity index is 655. The summed E-state index contributed by atoms with van der Waals surface area (Å²) in [6.07, 6.45) is 0. The Morgan fingerprint density at radius 3 is 2.24 bits per heavy atom. The van der Waals surface area contributed by atoms with Crippen molar-refractivity contribution in [2.75, 3.05) is 51.1 Å². The maximum absolute atomic E-state index is 11.9. The van der Waals surface area contributed by atoms with Gasteiger partial charge in [0.05, 0.1) is 13.7 Å². The molecule has 0 heterocycles. The van der Waals surface area contributed by atoms with Crippen molar-refractivity contribution in [3.05, 3.63) is 48.5 Å². The van der Waals surface area contributed by atoms with Gasteiger partial charge in [0.1, 0.15) is 18.1 Å². The summed E-state index contributed by atoms with van der Waals surface area (Å²) in [6.45, 7) is 1.30. The van der Waals surface area contributed by atoms with Gasteiger partial charge in [-0.2, -0.15) is 0 Å². The summed E-state index contributed by atoms with van der Waals surface area (Å²) in [4.78, 5) is 13.9. The van der Waals surface area contributed by atoms with Gasteiger partial charge in [-0.05, 0) is 48.5 Å². The lowest BCUT2D eigenvalue weighted by atomic mass is 10.2. The predicted molar refractivity (Wildman–Crippen MR) is 101 cm³/mol. The van der Waals surface area contributed by atoms with Crippen molar-refractivity contribution < 1.29 is 14.3 Å². The first-order valence-electron chi connectivity index (χ1n) is 8.13. The molecule has 0 aliphatic carbocycles. The number of rotatable bonds is 9. The van der Waals surface area contributed by atoms with Crippen LogP contribution in [0.2, 0.25) is 0 Å². The first-order valence-corrected chi connectivity index (χ1v) is 8.13. The molecule has 2 aromatic rings. The molecule has 0 aromatic heterocycles. The molecule has 0 spiro atoms. The molecule has 134 valence electrons. The molecule has 0 bridgehead atoms. The first kappa shape index (κ1) is 18.6. The zero-order chi connectivity index (χ0) is 18.1. The summed E-state index contributed by atoms with van der Waals surface area (Å²) in [7, 11) is 5.58. The van der Waals surface area contributed by atoms with E-state index in [0.717, 1.165) is 22.9 Å². The number of methoxy groups -OCH3 is 1. The Balaban J connectivity index is 1.63. The molecular weight excluding hydrogens is 318 g/mol. The molecule has 2 rings (SSSR count). The predicted octanol–water partition coefficient (Wildman–Crippen LogP) is 2.37. The third-order valence-electron chi connectivity index (χ3n) is 3.56. The second-order valence-corrected chi connectivity index (χ2v) is 5.69. The van der Waals surface area contributed by atoms with E-state index in [-0.39, 0.29) is 12.5 Å². The number of hydrogen-bond donors (Lipinski definition) is 2. The van der Waals surface area contributed by atoms with Crippen molar-refractivity contribution in [3.8, 4) is 11.5 Å². The first-order chi connectivity index (χ1) is 12.1. The van der Waals surface area contributed by atoms with E-state index in [1.54, 1.807) is 7.11 Å². The summed E-state index contributed by atoms with van der Waals surface area (Å²) in [5.74, 6) is 1.48. The lowest BCUT2D eigenvalue weighted by molar-refractivity contribution is -0.115. The molecule has 25 heavy (non-hydrogen) atoms. The largest absolute Gasteiger partial charge is 0.497 e. The van der Waals surface area contributed by atoms with Gasteiger partial charge >= 0.3 is 0 Å². The molecule has 0 atom stereocenters. The van der Waals surface area contributed by atoms with E-state index >= 15 is 0 Å². The van der Waals surface area contributed by atoms with E-state index in [0.29, 0.717) is 13.2 Å². The van der Waals surface area contributed by atoms with Gasteiger partial charge in [-0.1, -0.05) is 0 Å². The fourth-order valence-corrected chi connectivity index (χ4v) is 2.16. The third kappa shape index (κ3) is 6.35. The number of carbonyl (C=O) groups is 1. The van der Waals surface area contributed by atoms with Crippen LogP contribution in [0.5, 0.6) is 11.5 Å². The topological polar surface area (TPSA) is 62.8 Å². The van der Waals surface area contributed by atoms with Crippen molar-refractivity contribution in [2.24, 2.45) is 0 Å². The normalized spacial score (nSPS) is 10.2. The van der Waals surface area contributed by atoms with Crippen molar-refractivity contribution in [2.45, 2.75) is 0 Å². The van der Waals surface area contributed by atoms with Crippen LogP contribution in [0, 0.1) is 0 Å². The molecule has 0 unspecified atom stereocenters. The molecule has 1 amide bonds. The number of anilines is 2. The summed E-state index contributed by atoms with van der Waals surface area (Å²) in [5.41, 5.74) is 1.87. The SMILES string of the molecule is COc1ccc(OCCNCC(=O)Nc2ccc(N(C)C)cc2)cc1. The highest BCUT2D eigenvalue weighted by atomic mass is 16.5. The Hall–Kier alpha value is -2.73. The number of amides is 1. The standard InChI is InChI=1S/C19H25N3O3/c1-22(2)16-6-4-15(5-7-16)21-19(23)14-20-12-13-25-18-10-8-17(24-3)9-11-18/h4-11,20H,12-14H2,1-3H3,(H,21,23). The van der Waals surface area contributed by atoms with Crippen LogP contribution in [0.1, 0.15) is 0 Å². The van der Waals surface area contributed by atoms with Gasteiger partial charge in [-0.25, -0.2) is 0 Å². The smallest absolute Gasteiger partial charge is 0.238 e. The van der Waals surface area contributed by atoms with Crippen LogP contribution in [-0.2, 0) is 4.79 Å². The summed E-state index contributed by atoms with van der Waals surface area (Å²) >= 11 is 0. The van der Waals surface area contributed by atoms with E-state index in [9.17, 15) is 4.79 Å². The van der Waals surface area contributed by atoms with Crippen LogP contribution >= 0.6 is 0 Å². The zero-order valence-corrected chi connectivity index (χ0v) is 14.9. The van der Waals surface area contributed by atoms with Gasteiger partial charge in [-0.15, -0.1) is 0 Å². The lowest BCUT2D eigenvalue weighted by Crippen LogP contribution is -2.31. The van der Waals surface area contributed by atoms with Gasteiger partial charge in [0.15, 0.2) is 0 Å². The Morgan fingerprint density at radius 1 is 1.00 bits per heavy atom. The minimum atomic E-state index is -0.0814. The van der Waals surface area contributed by atoms with Crippen LogP contribution in [0.15, 0.2) is 48.5 Å². The molecule has 0 radical (unpaired) electrons. The van der Waals surface area contributed by atoms with Crippen LogP contribution in [0.3, 0.4) is 0 Å². The number of nitrogens with one attached hydrogen (secondary N) is 2. The Labute approximate surface area is 148 Å². The van der Waals surface area contributed by atoms with Gasteiger partial charge < -0.3 is 25.0 Å². The zero-order valence-electron chi connectivity index (χ0n) is 14.9. The minimum absolute atomic E-state index is 0.0814. The lowest BCUT2D eigenvalue weighted by Gasteiger charge is -2.13. The average molecular weight is 343 g/mol. The van der Waals surface area contributed by atoms with Gasteiger partial charge in [-0.3, -0.25) is 4.79 Å². The summed E-state index contributed by atoms with van der Waals surface area (Å²) in [5, 5.41) is 5.91. The molecule has 2 aromatic carbocycles. The van der Waals surface area contributed by atoms with E-state index < -0.39 is 0 Å². The van der Waals surface area contributed by atoms with Crippen LogP contribution in [-0.4, -0.2) is 46.8 Å². The number of benzene rings is 2. The molecule has 0 saturated carbocycles. The van der Waals surface area contributed by atoms with E-state index in [2.05, 4.69) is 10.6 Å². The Kier molecular flexibility index (Phi) is 7.10. The third-order valence-corrected chi connectivity index (χ3v) is 3.56. The fraction of sp³-hybridized carbons (Fsp3) is 0.316. The molecular formula is C19H25N3O3. The maximum atomic E-state index is 11.9. The van der Waals surface area contributed by atoms with Crippen molar-refractivity contribution in [1.29, 1.82) is 0 Å². The average Bonchev–Trinajstić information content (AvgIpc) is 2.62. The maximum Gasteiger partial charge on any atom is 0.238 e. The number of nitrogens with zero attached hydrogens (tertiary/aromatic N) is 1. The molecule has 0 aliphatic rings. The highest BCUT2D eigenvalue weighted by molar-refractivity contribution is 5.92. The highest BCUT2D eigenvalue weighted by Gasteiger charge is 2.03. The highest BCUT2D eigenvalue weighted by Crippen LogP contribution is 2.17. The van der Waals surface area contributed by atoms with Crippen LogP contribution in [0.25, 0.3) is 0 Å². The molecule has 0 aliphatic heterocycles. The minimum Gasteiger partial charge on any atom is -0.497 e. The van der Waals surface area contributed by atoms with E-state index in [1.165, 1.54) is 0 Å². The van der Waals surface area contributed by atoms with Gasteiger partial charge in [0.2, 0.25) is 5.91 Å². The van der Waals surface area contributed by atoms with Crippen LogP contribution in [0.4, 0.5) is 11.4 Å². The second-order valence-electron chi connectivity index (χ2n) is 5.69. The van der Waals surface area contributed by atoms with Crippen molar-refractivity contribution >= 4 is 17.3 Å². The number of hydrogen-bond acceptors (Lipinski definition) is 5. The summed E-state index contributed by atoms with van der Waals surface area (Å²) < 4.78 is 10.7. The molecule has 6 nitrogen and oxygen atoms in total. The number of carbonyl (C=O) groups excluding carboxylic acids is 1. The van der Waals surface area contributed by atoms with Crippen molar-refractivity contribution in [3.63, 3.8) is 0 Å². The number of ether oxygens (including phenoxy) is 2. The van der Waals surface area contributed by atoms with E-state index in [1.807, 2.05) is 67.5 Å². The quantitative estimate of drug-likeness (QED) is 0.685. The molecule has 6 heteroatoms. The molecule has 0 saturated heterocycles. The molecule has 0 fully saturated rings. The monoisotopic (exact) mass is 343 g/mol. The van der Waals surface area contributed by atoms with Crippen molar-refractivity contribution in [1.82, 2.24) is 5.32 Å².